The zero-order valence-corrected chi connectivity index (χ0v) is 14.0. The Balaban J connectivity index is 1.72. The van der Waals surface area contributed by atoms with Gasteiger partial charge in [0.15, 0.2) is 11.5 Å². The highest BCUT2D eigenvalue weighted by Gasteiger charge is 2.32. The molecule has 1 aliphatic carbocycles. The number of hydrogen-bond donors (Lipinski definition) is 0. The van der Waals surface area contributed by atoms with Gasteiger partial charge in [0, 0.05) is 11.1 Å². The average molecular weight is 340 g/mol. The summed E-state index contributed by atoms with van der Waals surface area (Å²) >= 11 is 0. The van der Waals surface area contributed by atoms with Crippen molar-refractivity contribution in [2.45, 2.75) is 6.42 Å². The number of rotatable bonds is 4. The monoisotopic (exact) mass is 340 g/mol. The molecule has 0 saturated heterocycles. The van der Waals surface area contributed by atoms with Crippen LogP contribution < -0.4 is 0 Å². The third-order valence-corrected chi connectivity index (χ3v) is 4.34. The SMILES string of the molecule is O=C(Cc1ccccc1)OC1=C(c2ccccc2)C(=O)c2ccccc21. The third-order valence-electron chi connectivity index (χ3n) is 4.34. The van der Waals surface area contributed by atoms with Crippen LogP contribution in [0.4, 0.5) is 0 Å². The van der Waals surface area contributed by atoms with Crippen molar-refractivity contribution in [3.05, 3.63) is 107 Å². The molecule has 3 nitrogen and oxygen atoms in total. The second-order valence-electron chi connectivity index (χ2n) is 6.08. The lowest BCUT2D eigenvalue weighted by atomic mass is 10.0. The van der Waals surface area contributed by atoms with Crippen LogP contribution in [-0.4, -0.2) is 11.8 Å². The van der Waals surface area contributed by atoms with Crippen molar-refractivity contribution in [3.63, 3.8) is 0 Å². The van der Waals surface area contributed by atoms with Crippen molar-refractivity contribution in [1.82, 2.24) is 0 Å². The Morgan fingerprint density at radius 3 is 2.00 bits per heavy atom. The van der Waals surface area contributed by atoms with Crippen LogP contribution in [0.5, 0.6) is 0 Å². The van der Waals surface area contributed by atoms with E-state index in [4.69, 9.17) is 4.74 Å². The minimum absolute atomic E-state index is 0.116. The predicted molar refractivity (Wildman–Crippen MR) is 100 cm³/mol. The maximum Gasteiger partial charge on any atom is 0.315 e. The molecule has 0 radical (unpaired) electrons. The summed E-state index contributed by atoms with van der Waals surface area (Å²) in [6, 6.07) is 26.0. The molecule has 0 atom stereocenters. The molecule has 26 heavy (non-hydrogen) atoms. The Hall–Kier alpha value is -3.46. The van der Waals surface area contributed by atoms with Gasteiger partial charge >= 0.3 is 5.97 Å². The first-order valence-electron chi connectivity index (χ1n) is 8.42. The van der Waals surface area contributed by atoms with Crippen molar-refractivity contribution < 1.29 is 14.3 Å². The molecular formula is C23H16O3. The molecule has 0 saturated carbocycles. The van der Waals surface area contributed by atoms with E-state index in [0.717, 1.165) is 11.1 Å². The van der Waals surface area contributed by atoms with Crippen molar-refractivity contribution in [2.75, 3.05) is 0 Å². The third kappa shape index (κ3) is 2.95. The predicted octanol–water partition coefficient (Wildman–Crippen LogP) is 4.54. The van der Waals surface area contributed by atoms with E-state index in [-0.39, 0.29) is 18.2 Å². The Kier molecular flexibility index (Phi) is 4.20. The summed E-state index contributed by atoms with van der Waals surface area (Å²) in [5.41, 5.74) is 3.29. The molecule has 3 heteroatoms. The Morgan fingerprint density at radius 2 is 1.31 bits per heavy atom. The van der Waals surface area contributed by atoms with Crippen LogP contribution in [-0.2, 0) is 16.0 Å². The standard InChI is InChI=1S/C23H16O3/c24-20(15-16-9-3-1-4-10-16)26-23-19-14-8-7-13-18(19)22(25)21(23)17-11-5-2-6-12-17/h1-14H,15H2. The first kappa shape index (κ1) is 16.0. The molecular weight excluding hydrogens is 324 g/mol. The number of hydrogen-bond acceptors (Lipinski definition) is 3. The molecule has 0 amide bonds. The molecule has 0 aromatic heterocycles. The molecule has 0 spiro atoms. The van der Waals surface area contributed by atoms with Gasteiger partial charge in [-0.2, -0.15) is 0 Å². The topological polar surface area (TPSA) is 43.4 Å². The van der Waals surface area contributed by atoms with Crippen LogP contribution in [0.3, 0.4) is 0 Å². The highest BCUT2D eigenvalue weighted by molar-refractivity contribution is 6.39. The number of ether oxygens (including phenoxy) is 1. The largest absolute Gasteiger partial charge is 0.425 e. The molecule has 0 heterocycles. The lowest BCUT2D eigenvalue weighted by Gasteiger charge is -2.09. The van der Waals surface area contributed by atoms with E-state index < -0.39 is 0 Å². The van der Waals surface area contributed by atoms with Crippen LogP contribution in [0.2, 0.25) is 0 Å². The number of carbonyl (C=O) groups excluding carboxylic acids is 2. The summed E-state index contributed by atoms with van der Waals surface area (Å²) in [6.07, 6.45) is 0.156. The van der Waals surface area contributed by atoms with Gasteiger partial charge in [0.25, 0.3) is 0 Å². The molecule has 0 fully saturated rings. The van der Waals surface area contributed by atoms with Gasteiger partial charge in [0.2, 0.25) is 0 Å². The minimum Gasteiger partial charge on any atom is -0.425 e. The van der Waals surface area contributed by atoms with Crippen LogP contribution >= 0.6 is 0 Å². The van der Waals surface area contributed by atoms with Gasteiger partial charge in [0.05, 0.1) is 12.0 Å². The lowest BCUT2D eigenvalue weighted by molar-refractivity contribution is -0.135. The van der Waals surface area contributed by atoms with E-state index in [1.165, 1.54) is 0 Å². The second-order valence-corrected chi connectivity index (χ2v) is 6.08. The Bertz CT molecular complexity index is 1000. The Morgan fingerprint density at radius 1 is 0.731 bits per heavy atom. The number of benzene rings is 3. The van der Waals surface area contributed by atoms with Gasteiger partial charge in [-0.1, -0.05) is 84.9 Å². The van der Waals surface area contributed by atoms with Crippen molar-refractivity contribution in [3.8, 4) is 0 Å². The molecule has 126 valence electrons. The van der Waals surface area contributed by atoms with Gasteiger partial charge in [-0.05, 0) is 11.1 Å². The van der Waals surface area contributed by atoms with E-state index in [9.17, 15) is 9.59 Å². The maximum atomic E-state index is 12.9. The van der Waals surface area contributed by atoms with E-state index in [1.54, 1.807) is 6.07 Å². The summed E-state index contributed by atoms with van der Waals surface area (Å²) < 4.78 is 5.70. The first-order chi connectivity index (χ1) is 12.7. The zero-order valence-electron chi connectivity index (χ0n) is 14.0. The summed E-state index contributed by atoms with van der Waals surface area (Å²) in [5, 5.41) is 0. The van der Waals surface area contributed by atoms with Gasteiger partial charge in [-0.15, -0.1) is 0 Å². The molecule has 0 aliphatic heterocycles. The average Bonchev–Trinajstić information content (AvgIpc) is 2.95. The Labute approximate surface area is 151 Å². The maximum absolute atomic E-state index is 12.9. The van der Waals surface area contributed by atoms with Gasteiger partial charge in [-0.25, -0.2) is 0 Å². The summed E-state index contributed by atoms with van der Waals surface area (Å²) in [6.45, 7) is 0. The zero-order chi connectivity index (χ0) is 17.9. The number of fused-ring (bicyclic) bond motifs is 1. The molecule has 0 unspecified atom stereocenters. The van der Waals surface area contributed by atoms with Crippen LogP contribution in [0, 0.1) is 0 Å². The van der Waals surface area contributed by atoms with Crippen LogP contribution in [0.15, 0.2) is 84.9 Å². The lowest BCUT2D eigenvalue weighted by Crippen LogP contribution is -2.08. The van der Waals surface area contributed by atoms with Crippen molar-refractivity contribution in [1.29, 1.82) is 0 Å². The summed E-state index contributed by atoms with van der Waals surface area (Å²) in [5.74, 6) is -0.156. The first-order valence-corrected chi connectivity index (χ1v) is 8.42. The van der Waals surface area contributed by atoms with E-state index in [1.807, 2.05) is 78.9 Å². The number of esters is 1. The number of Topliss-reactive ketones (excluding diaryl/α,β-unsaturated/α-hetero) is 1. The molecule has 4 rings (SSSR count). The molecule has 3 aromatic carbocycles. The summed E-state index contributed by atoms with van der Waals surface area (Å²) in [7, 11) is 0. The highest BCUT2D eigenvalue weighted by Crippen LogP contribution is 2.39. The van der Waals surface area contributed by atoms with E-state index in [0.29, 0.717) is 22.5 Å². The van der Waals surface area contributed by atoms with Crippen LogP contribution in [0.1, 0.15) is 27.0 Å². The molecule has 0 bridgehead atoms. The quantitative estimate of drug-likeness (QED) is 0.655. The van der Waals surface area contributed by atoms with Gasteiger partial charge in [-0.3, -0.25) is 9.59 Å². The number of carbonyl (C=O) groups is 2. The van der Waals surface area contributed by atoms with Gasteiger partial charge in [0.1, 0.15) is 0 Å². The van der Waals surface area contributed by atoms with Crippen LogP contribution in [0.25, 0.3) is 11.3 Å². The summed E-state index contributed by atoms with van der Waals surface area (Å²) in [4.78, 5) is 25.4. The fraction of sp³-hybridized carbons (Fsp3) is 0.0435. The number of allylic oxidation sites excluding steroid dienone is 1. The number of ketones is 1. The van der Waals surface area contributed by atoms with E-state index >= 15 is 0 Å². The second kappa shape index (κ2) is 6.81. The smallest absolute Gasteiger partial charge is 0.315 e. The fourth-order valence-electron chi connectivity index (χ4n) is 3.14. The molecule has 0 N–H and O–H groups in total. The minimum atomic E-state index is -0.385. The van der Waals surface area contributed by atoms with Crippen molar-refractivity contribution in [2.24, 2.45) is 0 Å². The van der Waals surface area contributed by atoms with Gasteiger partial charge < -0.3 is 4.74 Å². The molecule has 1 aliphatic rings. The normalized spacial score (nSPS) is 12.8. The molecule has 3 aromatic rings. The van der Waals surface area contributed by atoms with Crippen molar-refractivity contribution >= 4 is 23.1 Å². The highest BCUT2D eigenvalue weighted by atomic mass is 16.5. The van der Waals surface area contributed by atoms with E-state index in [2.05, 4.69) is 0 Å². The fourth-order valence-corrected chi connectivity index (χ4v) is 3.14.